The third-order valence-corrected chi connectivity index (χ3v) is 5.98. The SMILES string of the molecule is CCC1(C)NC(=O)N(NC(=O)CN2CCCC2c2ccc(Cl)c(Cl)c2)C1=O. The molecule has 0 aromatic heterocycles. The standard InChI is InChI=1S/C18H22Cl2N4O3/c1-3-18(2)16(26)24(17(27)21-18)22-15(25)10-23-8-4-5-14(23)11-6-7-12(19)13(20)9-11/h6-7,9,14H,3-5,8,10H2,1-2H3,(H,21,27)(H,22,25). The van der Waals surface area contributed by atoms with E-state index in [-0.39, 0.29) is 12.6 Å². The lowest BCUT2D eigenvalue weighted by Crippen LogP contribution is -2.51. The van der Waals surface area contributed by atoms with Crippen molar-refractivity contribution < 1.29 is 14.4 Å². The van der Waals surface area contributed by atoms with E-state index in [1.807, 2.05) is 17.0 Å². The van der Waals surface area contributed by atoms with Crippen molar-refractivity contribution >= 4 is 41.0 Å². The van der Waals surface area contributed by atoms with Crippen molar-refractivity contribution in [3.8, 4) is 0 Å². The molecule has 0 spiro atoms. The summed E-state index contributed by atoms with van der Waals surface area (Å²) in [7, 11) is 0. The van der Waals surface area contributed by atoms with Crippen LogP contribution in [0, 0.1) is 0 Å². The Hall–Kier alpha value is -1.83. The molecule has 0 aliphatic carbocycles. The molecule has 2 atom stereocenters. The summed E-state index contributed by atoms with van der Waals surface area (Å²) >= 11 is 12.1. The van der Waals surface area contributed by atoms with Crippen LogP contribution in [0.4, 0.5) is 4.79 Å². The number of hydrogen-bond donors (Lipinski definition) is 2. The van der Waals surface area contributed by atoms with Gasteiger partial charge < -0.3 is 5.32 Å². The number of carbonyl (C=O) groups is 3. The average Bonchev–Trinajstić information content (AvgIpc) is 3.16. The van der Waals surface area contributed by atoms with E-state index in [9.17, 15) is 14.4 Å². The molecule has 2 N–H and O–H groups in total. The Morgan fingerprint density at radius 3 is 2.70 bits per heavy atom. The van der Waals surface area contributed by atoms with Crippen LogP contribution in [0.5, 0.6) is 0 Å². The van der Waals surface area contributed by atoms with Crippen LogP contribution < -0.4 is 10.7 Å². The van der Waals surface area contributed by atoms with Crippen molar-refractivity contribution in [2.45, 2.75) is 44.7 Å². The number of benzene rings is 1. The summed E-state index contributed by atoms with van der Waals surface area (Å²) < 4.78 is 0. The zero-order valence-electron chi connectivity index (χ0n) is 15.2. The van der Waals surface area contributed by atoms with Crippen molar-refractivity contribution in [3.63, 3.8) is 0 Å². The maximum atomic E-state index is 12.5. The third-order valence-electron chi connectivity index (χ3n) is 5.24. The van der Waals surface area contributed by atoms with Gasteiger partial charge >= 0.3 is 6.03 Å². The fourth-order valence-corrected chi connectivity index (χ4v) is 3.79. The maximum Gasteiger partial charge on any atom is 0.344 e. The first-order chi connectivity index (χ1) is 12.7. The van der Waals surface area contributed by atoms with Crippen molar-refractivity contribution in [1.82, 2.24) is 20.7 Å². The van der Waals surface area contributed by atoms with Gasteiger partial charge in [-0.3, -0.25) is 19.9 Å². The summed E-state index contributed by atoms with van der Waals surface area (Å²) in [5, 5.41) is 4.34. The van der Waals surface area contributed by atoms with Gasteiger partial charge in [-0.05, 0) is 50.4 Å². The third kappa shape index (κ3) is 3.90. The molecule has 3 rings (SSSR count). The molecule has 1 aromatic carbocycles. The van der Waals surface area contributed by atoms with Gasteiger partial charge in [0.25, 0.3) is 11.8 Å². The number of carbonyl (C=O) groups excluding carboxylic acids is 3. The molecule has 2 aliphatic rings. The van der Waals surface area contributed by atoms with E-state index in [4.69, 9.17) is 23.2 Å². The maximum absolute atomic E-state index is 12.5. The predicted molar refractivity (Wildman–Crippen MR) is 102 cm³/mol. The van der Waals surface area contributed by atoms with E-state index in [0.717, 1.165) is 30.0 Å². The number of hydrazine groups is 1. The Balaban J connectivity index is 1.66. The minimum atomic E-state index is -0.986. The monoisotopic (exact) mass is 412 g/mol. The van der Waals surface area contributed by atoms with E-state index in [2.05, 4.69) is 10.7 Å². The summed E-state index contributed by atoms with van der Waals surface area (Å²) in [5.41, 5.74) is 2.43. The second-order valence-corrected chi connectivity index (χ2v) is 7.91. The Bertz CT molecular complexity index is 788. The van der Waals surface area contributed by atoms with Crippen molar-refractivity contribution in [3.05, 3.63) is 33.8 Å². The van der Waals surface area contributed by atoms with Crippen LogP contribution in [0.25, 0.3) is 0 Å². The van der Waals surface area contributed by atoms with Gasteiger partial charge in [0.05, 0.1) is 16.6 Å². The fraction of sp³-hybridized carbons (Fsp3) is 0.500. The summed E-state index contributed by atoms with van der Waals surface area (Å²) in [6.45, 7) is 4.26. The zero-order chi connectivity index (χ0) is 19.8. The summed E-state index contributed by atoms with van der Waals surface area (Å²) in [6, 6.07) is 4.89. The van der Waals surface area contributed by atoms with E-state index >= 15 is 0 Å². The highest BCUT2D eigenvalue weighted by Crippen LogP contribution is 2.34. The van der Waals surface area contributed by atoms with Gasteiger partial charge in [-0.1, -0.05) is 36.2 Å². The number of nitrogens with one attached hydrogen (secondary N) is 2. The molecule has 4 amide bonds. The zero-order valence-corrected chi connectivity index (χ0v) is 16.7. The molecule has 27 heavy (non-hydrogen) atoms. The van der Waals surface area contributed by atoms with Crippen LogP contribution in [-0.4, -0.2) is 46.4 Å². The van der Waals surface area contributed by atoms with Crippen LogP contribution >= 0.6 is 23.2 Å². The molecule has 0 saturated carbocycles. The Kier molecular flexibility index (Phi) is 5.65. The smallest absolute Gasteiger partial charge is 0.322 e. The van der Waals surface area contributed by atoms with Gasteiger partial charge in [0.1, 0.15) is 5.54 Å². The second-order valence-electron chi connectivity index (χ2n) is 7.09. The largest absolute Gasteiger partial charge is 0.344 e. The molecular formula is C18H22Cl2N4O3. The van der Waals surface area contributed by atoms with Crippen LogP contribution in [0.2, 0.25) is 10.0 Å². The molecule has 0 bridgehead atoms. The minimum absolute atomic E-state index is 0.0366. The number of imide groups is 1. The molecule has 2 saturated heterocycles. The molecule has 2 aliphatic heterocycles. The number of urea groups is 1. The van der Waals surface area contributed by atoms with Gasteiger partial charge in [-0.15, -0.1) is 0 Å². The highest BCUT2D eigenvalue weighted by molar-refractivity contribution is 6.42. The van der Waals surface area contributed by atoms with E-state index in [1.165, 1.54) is 0 Å². The summed E-state index contributed by atoms with van der Waals surface area (Å²) in [4.78, 5) is 38.9. The van der Waals surface area contributed by atoms with Crippen LogP contribution in [-0.2, 0) is 9.59 Å². The minimum Gasteiger partial charge on any atom is -0.322 e. The second kappa shape index (κ2) is 7.66. The van der Waals surface area contributed by atoms with E-state index < -0.39 is 23.4 Å². The molecule has 2 heterocycles. The first-order valence-corrected chi connectivity index (χ1v) is 9.66. The Morgan fingerprint density at radius 1 is 1.33 bits per heavy atom. The Labute approximate surface area is 167 Å². The van der Waals surface area contributed by atoms with Gasteiger partial charge in [-0.2, -0.15) is 5.01 Å². The average molecular weight is 413 g/mol. The number of hydrogen-bond acceptors (Lipinski definition) is 4. The number of rotatable bonds is 5. The quantitative estimate of drug-likeness (QED) is 0.728. The molecular weight excluding hydrogens is 391 g/mol. The molecule has 146 valence electrons. The number of halogens is 2. The van der Waals surface area contributed by atoms with Crippen molar-refractivity contribution in [2.75, 3.05) is 13.1 Å². The topological polar surface area (TPSA) is 81.8 Å². The first-order valence-electron chi connectivity index (χ1n) is 8.90. The Morgan fingerprint density at radius 2 is 2.07 bits per heavy atom. The number of amides is 4. The van der Waals surface area contributed by atoms with E-state index in [1.54, 1.807) is 19.9 Å². The molecule has 0 radical (unpaired) electrons. The van der Waals surface area contributed by atoms with Crippen LogP contribution in [0.1, 0.15) is 44.7 Å². The lowest BCUT2D eigenvalue weighted by Gasteiger charge is -2.25. The van der Waals surface area contributed by atoms with E-state index in [0.29, 0.717) is 16.5 Å². The van der Waals surface area contributed by atoms with Gasteiger partial charge in [0.15, 0.2) is 0 Å². The lowest BCUT2D eigenvalue weighted by molar-refractivity contribution is -0.139. The first kappa shape index (κ1) is 19.9. The normalized spacial score (nSPS) is 25.8. The molecule has 1 aromatic rings. The van der Waals surface area contributed by atoms with Gasteiger partial charge in [0.2, 0.25) is 0 Å². The van der Waals surface area contributed by atoms with Crippen LogP contribution in [0.3, 0.4) is 0 Å². The number of nitrogens with zero attached hydrogens (tertiary/aromatic N) is 2. The van der Waals surface area contributed by atoms with Crippen molar-refractivity contribution in [1.29, 1.82) is 0 Å². The van der Waals surface area contributed by atoms with Crippen LogP contribution in [0.15, 0.2) is 18.2 Å². The summed E-state index contributed by atoms with van der Waals surface area (Å²) in [6.07, 6.45) is 2.27. The summed E-state index contributed by atoms with van der Waals surface area (Å²) in [5.74, 6) is -0.864. The predicted octanol–water partition coefficient (Wildman–Crippen LogP) is 2.88. The number of likely N-dealkylation sites (tertiary alicyclic amines) is 1. The van der Waals surface area contributed by atoms with Crippen molar-refractivity contribution in [2.24, 2.45) is 0 Å². The van der Waals surface area contributed by atoms with Gasteiger partial charge in [0, 0.05) is 6.04 Å². The fourth-order valence-electron chi connectivity index (χ4n) is 3.48. The van der Waals surface area contributed by atoms with Gasteiger partial charge in [-0.25, -0.2) is 4.79 Å². The molecule has 7 nitrogen and oxygen atoms in total. The highest BCUT2D eigenvalue weighted by Gasteiger charge is 2.47. The molecule has 2 fully saturated rings. The lowest BCUT2D eigenvalue weighted by atomic mass is 10.00. The molecule has 2 unspecified atom stereocenters. The molecule has 9 heteroatoms. The highest BCUT2D eigenvalue weighted by atomic mass is 35.5.